The van der Waals surface area contributed by atoms with E-state index in [2.05, 4.69) is 17.1 Å². The van der Waals surface area contributed by atoms with E-state index in [4.69, 9.17) is 19.5 Å². The van der Waals surface area contributed by atoms with Gasteiger partial charge in [0.15, 0.2) is 5.66 Å². The second-order valence-electron chi connectivity index (χ2n) is 8.09. The van der Waals surface area contributed by atoms with Gasteiger partial charge in [0, 0.05) is 43.2 Å². The van der Waals surface area contributed by atoms with Gasteiger partial charge in [0.25, 0.3) is 0 Å². The second-order valence-corrected chi connectivity index (χ2v) is 9.06. The predicted molar refractivity (Wildman–Crippen MR) is 135 cm³/mol. The Kier molecular flexibility index (Phi) is 7.35. The van der Waals surface area contributed by atoms with E-state index in [0.717, 1.165) is 54.5 Å². The van der Waals surface area contributed by atoms with E-state index in [1.54, 1.807) is 20.3 Å². The Bertz CT molecular complexity index is 1040. The number of anilines is 1. The molecule has 1 N–H and O–H groups in total. The van der Waals surface area contributed by atoms with E-state index < -0.39 is 5.66 Å². The minimum Gasteiger partial charge on any atom is -0.497 e. The zero-order valence-electron chi connectivity index (χ0n) is 19.3. The molecule has 174 valence electrons. The molecule has 1 amide bonds. The fourth-order valence-electron chi connectivity index (χ4n) is 4.04. The average Bonchev–Trinajstić information content (AvgIpc) is 3.21. The first-order chi connectivity index (χ1) is 16.0. The first kappa shape index (κ1) is 23.3. The maximum Gasteiger partial charge on any atom is 0.234 e. The molecule has 1 fully saturated rings. The molecule has 0 saturated carbocycles. The van der Waals surface area contributed by atoms with Crippen molar-refractivity contribution in [1.29, 1.82) is 0 Å². The van der Waals surface area contributed by atoms with Crippen molar-refractivity contribution in [1.82, 2.24) is 4.90 Å². The lowest BCUT2D eigenvalue weighted by Crippen LogP contribution is -2.41. The van der Waals surface area contributed by atoms with Crippen molar-refractivity contribution in [2.45, 2.75) is 25.4 Å². The lowest BCUT2D eigenvalue weighted by molar-refractivity contribution is -0.113. The molecule has 0 radical (unpaired) electrons. The summed E-state index contributed by atoms with van der Waals surface area (Å²) in [5, 5.41) is 3.76. The van der Waals surface area contributed by atoms with Gasteiger partial charge in [-0.15, -0.1) is 0 Å². The normalized spacial score (nSPS) is 17.4. The molecule has 0 atom stereocenters. The highest BCUT2D eigenvalue weighted by Crippen LogP contribution is 2.35. The van der Waals surface area contributed by atoms with Crippen molar-refractivity contribution in [3.63, 3.8) is 0 Å². The van der Waals surface area contributed by atoms with E-state index in [1.165, 1.54) is 11.8 Å². The molecule has 0 aliphatic carbocycles. The maximum absolute atomic E-state index is 12.7. The van der Waals surface area contributed by atoms with Crippen molar-refractivity contribution < 1.29 is 14.3 Å². The topological polar surface area (TPSA) is 75.5 Å². The Labute approximate surface area is 199 Å². The largest absolute Gasteiger partial charge is 0.497 e. The van der Waals surface area contributed by atoms with Crippen molar-refractivity contribution in [2.75, 3.05) is 44.9 Å². The average molecular weight is 467 g/mol. The van der Waals surface area contributed by atoms with Crippen LogP contribution in [0.15, 0.2) is 58.5 Å². The fourth-order valence-corrected chi connectivity index (χ4v) is 4.92. The Morgan fingerprint density at radius 1 is 1.06 bits per heavy atom. The highest BCUT2D eigenvalue weighted by molar-refractivity contribution is 8.16. The van der Waals surface area contributed by atoms with Gasteiger partial charge in [-0.25, -0.2) is 4.99 Å². The van der Waals surface area contributed by atoms with Crippen LogP contribution in [0.1, 0.15) is 25.3 Å². The number of ether oxygens (including phenoxy) is 2. The summed E-state index contributed by atoms with van der Waals surface area (Å²) in [6.07, 6.45) is 1.78. The standard InChI is InChI=1S/C25H30N4O3S/c1-4-29-14-12-25(13-15-29)27-23(18-8-10-20(31-2)11-9-18)24(28-25)33-17-22(30)26-19-6-5-7-21(16-19)32-3/h5-11,16H,4,12-15,17H2,1-3H3,(H,26,30). The summed E-state index contributed by atoms with van der Waals surface area (Å²) in [7, 11) is 3.26. The van der Waals surface area contributed by atoms with Crippen LogP contribution < -0.4 is 14.8 Å². The number of hydrogen-bond acceptors (Lipinski definition) is 7. The number of hydrogen-bond donors (Lipinski definition) is 1. The Morgan fingerprint density at radius 3 is 2.45 bits per heavy atom. The molecule has 0 bridgehead atoms. The van der Waals surface area contributed by atoms with E-state index in [9.17, 15) is 4.79 Å². The van der Waals surface area contributed by atoms with Crippen LogP contribution >= 0.6 is 11.8 Å². The second kappa shape index (κ2) is 10.4. The summed E-state index contributed by atoms with van der Waals surface area (Å²) in [6.45, 7) is 5.19. The number of piperidine rings is 1. The summed E-state index contributed by atoms with van der Waals surface area (Å²) < 4.78 is 10.5. The first-order valence-corrected chi connectivity index (χ1v) is 12.2. The van der Waals surface area contributed by atoms with Gasteiger partial charge in [-0.1, -0.05) is 24.8 Å². The number of carbonyl (C=O) groups is 1. The van der Waals surface area contributed by atoms with Gasteiger partial charge in [0.1, 0.15) is 16.5 Å². The number of nitrogens with zero attached hydrogens (tertiary/aromatic N) is 3. The zero-order chi connectivity index (χ0) is 23.3. The van der Waals surface area contributed by atoms with Gasteiger partial charge in [-0.2, -0.15) is 0 Å². The number of thioether (sulfide) groups is 1. The molecule has 0 aromatic heterocycles. The summed E-state index contributed by atoms with van der Waals surface area (Å²) in [4.78, 5) is 25.3. The third-order valence-corrected chi connectivity index (χ3v) is 6.96. The first-order valence-electron chi connectivity index (χ1n) is 11.2. The number of methoxy groups -OCH3 is 2. The van der Waals surface area contributed by atoms with Gasteiger partial charge >= 0.3 is 0 Å². The molecule has 7 nitrogen and oxygen atoms in total. The zero-order valence-corrected chi connectivity index (χ0v) is 20.2. The number of amides is 1. The summed E-state index contributed by atoms with van der Waals surface area (Å²) in [5.74, 6) is 1.66. The molecule has 2 heterocycles. The van der Waals surface area contributed by atoms with Crippen LogP contribution in [0.2, 0.25) is 0 Å². The maximum atomic E-state index is 12.7. The minimum absolute atomic E-state index is 0.0909. The van der Waals surface area contributed by atoms with Crippen LogP contribution in [-0.2, 0) is 4.79 Å². The summed E-state index contributed by atoms with van der Waals surface area (Å²) >= 11 is 1.44. The molecule has 2 aliphatic heterocycles. The van der Waals surface area contributed by atoms with Crippen molar-refractivity contribution in [3.8, 4) is 11.5 Å². The number of carbonyl (C=O) groups excluding carboxylic acids is 1. The fraction of sp³-hybridized carbons (Fsp3) is 0.400. The molecule has 2 aliphatic rings. The number of nitrogens with one attached hydrogen (secondary N) is 1. The van der Waals surface area contributed by atoms with Gasteiger partial charge in [-0.05, 0) is 42.9 Å². The van der Waals surface area contributed by atoms with E-state index >= 15 is 0 Å². The van der Waals surface area contributed by atoms with Crippen LogP contribution in [0.3, 0.4) is 0 Å². The van der Waals surface area contributed by atoms with Gasteiger partial charge < -0.3 is 19.7 Å². The lowest BCUT2D eigenvalue weighted by Gasteiger charge is -2.34. The van der Waals surface area contributed by atoms with Crippen LogP contribution in [0.5, 0.6) is 11.5 Å². The Morgan fingerprint density at radius 2 is 1.79 bits per heavy atom. The Balaban J connectivity index is 1.50. The minimum atomic E-state index is -0.424. The number of rotatable bonds is 7. The quantitative estimate of drug-likeness (QED) is 0.665. The van der Waals surface area contributed by atoms with Crippen molar-refractivity contribution >= 4 is 34.1 Å². The molecule has 1 saturated heterocycles. The van der Waals surface area contributed by atoms with Crippen LogP contribution in [0.4, 0.5) is 5.69 Å². The predicted octanol–water partition coefficient (Wildman–Crippen LogP) is 4.09. The number of likely N-dealkylation sites (tertiary alicyclic amines) is 1. The Hall–Kier alpha value is -2.84. The van der Waals surface area contributed by atoms with Gasteiger partial charge in [-0.3, -0.25) is 9.79 Å². The van der Waals surface area contributed by atoms with E-state index in [0.29, 0.717) is 11.4 Å². The molecule has 4 rings (SSSR count). The molecule has 2 aromatic rings. The van der Waals surface area contributed by atoms with Crippen LogP contribution in [0.25, 0.3) is 0 Å². The van der Waals surface area contributed by atoms with Crippen molar-refractivity contribution in [2.24, 2.45) is 9.98 Å². The molecular formula is C25H30N4O3S. The van der Waals surface area contributed by atoms with Crippen LogP contribution in [-0.4, -0.2) is 66.8 Å². The third-order valence-electron chi connectivity index (χ3n) is 5.99. The molecule has 8 heteroatoms. The number of aliphatic imine (C=N–C) groups is 2. The van der Waals surface area contributed by atoms with Crippen LogP contribution in [0, 0.1) is 0 Å². The molecular weight excluding hydrogens is 436 g/mol. The van der Waals surface area contributed by atoms with Gasteiger partial charge in [0.05, 0.1) is 25.7 Å². The monoisotopic (exact) mass is 466 g/mol. The van der Waals surface area contributed by atoms with E-state index in [-0.39, 0.29) is 11.7 Å². The molecule has 0 unspecified atom stereocenters. The third kappa shape index (κ3) is 5.57. The SMILES string of the molecule is CCN1CCC2(CC1)N=C(SCC(=O)Nc1cccc(OC)c1)C(c1ccc(OC)cc1)=N2. The molecule has 2 aromatic carbocycles. The van der Waals surface area contributed by atoms with Gasteiger partial charge in [0.2, 0.25) is 5.91 Å². The number of benzene rings is 2. The summed E-state index contributed by atoms with van der Waals surface area (Å²) in [6, 6.07) is 15.2. The molecule has 33 heavy (non-hydrogen) atoms. The van der Waals surface area contributed by atoms with E-state index in [1.807, 2.05) is 42.5 Å². The highest BCUT2D eigenvalue weighted by Gasteiger charge is 2.39. The summed E-state index contributed by atoms with van der Waals surface area (Å²) in [5.41, 5.74) is 2.14. The highest BCUT2D eigenvalue weighted by atomic mass is 32.2. The smallest absolute Gasteiger partial charge is 0.234 e. The molecule has 1 spiro atoms. The lowest BCUT2D eigenvalue weighted by atomic mass is 9.98. The van der Waals surface area contributed by atoms with Crippen molar-refractivity contribution in [3.05, 3.63) is 54.1 Å².